The topological polar surface area (TPSA) is 26.3 Å². The standard InChI is InChI=1S/C20H20F2O2/c1-2-24-18-12-11-17(19(21)20(18)22)15-5-3-13(4-6-15)14-7-9-16(23)10-8-14/h3-6,11-12,14H,2,7-10H2,1H3. The molecule has 0 amide bonds. The normalized spacial score (nSPS) is 15.5. The molecule has 2 aromatic carbocycles. The molecule has 0 spiro atoms. The molecule has 0 aromatic heterocycles. The van der Waals surface area contributed by atoms with Crippen LogP contribution in [0.25, 0.3) is 11.1 Å². The zero-order valence-electron chi connectivity index (χ0n) is 13.6. The lowest BCUT2D eigenvalue weighted by Gasteiger charge is -2.21. The van der Waals surface area contributed by atoms with Gasteiger partial charge in [-0.3, -0.25) is 4.79 Å². The number of hydrogen-bond acceptors (Lipinski definition) is 2. The lowest BCUT2D eigenvalue weighted by molar-refractivity contribution is -0.120. The molecule has 1 fully saturated rings. The number of Topliss-reactive ketones (excluding diaryl/α,β-unsaturated/α-hetero) is 1. The average molecular weight is 330 g/mol. The number of ether oxygens (including phenoxy) is 1. The maximum absolute atomic E-state index is 14.3. The van der Waals surface area contributed by atoms with E-state index in [9.17, 15) is 13.6 Å². The molecule has 0 unspecified atom stereocenters. The van der Waals surface area contributed by atoms with Gasteiger partial charge in [0.05, 0.1) is 6.61 Å². The molecular formula is C20H20F2O2. The molecule has 0 atom stereocenters. The maximum Gasteiger partial charge on any atom is 0.201 e. The Bertz CT molecular complexity index is 728. The molecule has 4 heteroatoms. The zero-order chi connectivity index (χ0) is 17.1. The van der Waals surface area contributed by atoms with Gasteiger partial charge in [0.25, 0.3) is 0 Å². The number of carbonyl (C=O) groups excluding carboxylic acids is 1. The molecular weight excluding hydrogens is 310 g/mol. The molecule has 0 saturated heterocycles. The number of ketones is 1. The average Bonchev–Trinajstić information content (AvgIpc) is 2.60. The minimum Gasteiger partial charge on any atom is -0.491 e. The predicted molar refractivity (Wildman–Crippen MR) is 89.2 cm³/mol. The van der Waals surface area contributed by atoms with Gasteiger partial charge < -0.3 is 4.74 Å². The second-order valence-electron chi connectivity index (χ2n) is 6.11. The van der Waals surface area contributed by atoms with Gasteiger partial charge in [-0.25, -0.2) is 4.39 Å². The summed E-state index contributed by atoms with van der Waals surface area (Å²) in [5, 5.41) is 0. The van der Waals surface area contributed by atoms with Crippen molar-refractivity contribution >= 4 is 5.78 Å². The largest absolute Gasteiger partial charge is 0.491 e. The van der Waals surface area contributed by atoms with E-state index in [0.717, 1.165) is 18.4 Å². The number of halogens is 2. The summed E-state index contributed by atoms with van der Waals surface area (Å²) in [7, 11) is 0. The van der Waals surface area contributed by atoms with Crippen LogP contribution >= 0.6 is 0 Å². The smallest absolute Gasteiger partial charge is 0.201 e. The quantitative estimate of drug-likeness (QED) is 0.764. The Morgan fingerprint density at radius 1 is 1.00 bits per heavy atom. The lowest BCUT2D eigenvalue weighted by atomic mass is 9.83. The summed E-state index contributed by atoms with van der Waals surface area (Å²) < 4.78 is 33.4. The fourth-order valence-corrected chi connectivity index (χ4v) is 3.23. The molecule has 0 aliphatic heterocycles. The zero-order valence-corrected chi connectivity index (χ0v) is 13.6. The van der Waals surface area contributed by atoms with Crippen LogP contribution in [0.15, 0.2) is 36.4 Å². The van der Waals surface area contributed by atoms with E-state index in [1.807, 2.05) is 24.3 Å². The number of benzene rings is 2. The van der Waals surface area contributed by atoms with E-state index >= 15 is 0 Å². The fourth-order valence-electron chi connectivity index (χ4n) is 3.23. The van der Waals surface area contributed by atoms with E-state index < -0.39 is 11.6 Å². The summed E-state index contributed by atoms with van der Waals surface area (Å²) in [5.74, 6) is -1.21. The van der Waals surface area contributed by atoms with Crippen LogP contribution in [0, 0.1) is 11.6 Å². The van der Waals surface area contributed by atoms with Crippen molar-refractivity contribution < 1.29 is 18.3 Å². The SMILES string of the molecule is CCOc1ccc(-c2ccc(C3CCC(=O)CC3)cc2)c(F)c1F. The predicted octanol–water partition coefficient (Wildman–Crippen LogP) is 5.26. The first-order chi connectivity index (χ1) is 11.6. The van der Waals surface area contributed by atoms with E-state index in [-0.39, 0.29) is 17.9 Å². The van der Waals surface area contributed by atoms with Crippen molar-refractivity contribution in [2.45, 2.75) is 38.5 Å². The van der Waals surface area contributed by atoms with Crippen molar-refractivity contribution in [2.24, 2.45) is 0 Å². The van der Waals surface area contributed by atoms with Gasteiger partial charge in [0.15, 0.2) is 11.6 Å². The molecule has 3 rings (SSSR count). The van der Waals surface area contributed by atoms with E-state index in [1.54, 1.807) is 6.92 Å². The molecule has 2 nitrogen and oxygen atoms in total. The van der Waals surface area contributed by atoms with Crippen molar-refractivity contribution in [1.82, 2.24) is 0 Å². The number of hydrogen-bond donors (Lipinski definition) is 0. The fraction of sp³-hybridized carbons (Fsp3) is 0.350. The summed E-state index contributed by atoms with van der Waals surface area (Å²) in [6.45, 7) is 2.01. The van der Waals surface area contributed by atoms with Gasteiger partial charge in [-0.2, -0.15) is 4.39 Å². The van der Waals surface area contributed by atoms with Crippen LogP contribution in [-0.4, -0.2) is 12.4 Å². The summed E-state index contributed by atoms with van der Waals surface area (Å²) >= 11 is 0. The van der Waals surface area contributed by atoms with Gasteiger partial charge in [-0.1, -0.05) is 24.3 Å². The summed E-state index contributed by atoms with van der Waals surface area (Å²) in [6, 6.07) is 10.5. The van der Waals surface area contributed by atoms with Crippen molar-refractivity contribution in [3.8, 4) is 16.9 Å². The second kappa shape index (κ2) is 7.12. The molecule has 0 heterocycles. The van der Waals surface area contributed by atoms with Gasteiger partial charge in [0.2, 0.25) is 5.82 Å². The monoisotopic (exact) mass is 330 g/mol. The van der Waals surface area contributed by atoms with Crippen LogP contribution in [0.4, 0.5) is 8.78 Å². The molecule has 126 valence electrons. The number of carbonyl (C=O) groups is 1. The Labute approximate surface area is 140 Å². The van der Waals surface area contributed by atoms with Gasteiger partial charge in [0, 0.05) is 18.4 Å². The van der Waals surface area contributed by atoms with E-state index in [2.05, 4.69) is 0 Å². The third-order valence-corrected chi connectivity index (χ3v) is 4.58. The maximum atomic E-state index is 14.3. The Morgan fingerprint density at radius 2 is 1.67 bits per heavy atom. The summed E-state index contributed by atoms with van der Waals surface area (Å²) in [6.07, 6.45) is 2.99. The first kappa shape index (κ1) is 16.6. The Balaban J connectivity index is 1.83. The van der Waals surface area contributed by atoms with Crippen LogP contribution in [0.1, 0.15) is 44.1 Å². The van der Waals surface area contributed by atoms with Gasteiger partial charge in [-0.05, 0) is 48.9 Å². The van der Waals surface area contributed by atoms with E-state index in [1.165, 1.54) is 12.1 Å². The van der Waals surface area contributed by atoms with Crippen molar-refractivity contribution in [1.29, 1.82) is 0 Å². The van der Waals surface area contributed by atoms with Crippen molar-refractivity contribution in [3.05, 3.63) is 53.6 Å². The Kier molecular flexibility index (Phi) is 4.93. The highest BCUT2D eigenvalue weighted by molar-refractivity contribution is 5.79. The van der Waals surface area contributed by atoms with Crippen LogP contribution in [0.3, 0.4) is 0 Å². The van der Waals surface area contributed by atoms with Gasteiger partial charge >= 0.3 is 0 Å². The van der Waals surface area contributed by atoms with E-state index in [0.29, 0.717) is 30.1 Å². The Hall–Kier alpha value is -2.23. The third kappa shape index (κ3) is 3.32. The first-order valence-electron chi connectivity index (χ1n) is 8.33. The molecule has 0 radical (unpaired) electrons. The van der Waals surface area contributed by atoms with Crippen LogP contribution < -0.4 is 4.74 Å². The molecule has 1 aliphatic rings. The minimum absolute atomic E-state index is 0.0674. The molecule has 2 aromatic rings. The lowest BCUT2D eigenvalue weighted by Crippen LogP contribution is -2.12. The Morgan fingerprint density at radius 3 is 2.29 bits per heavy atom. The minimum atomic E-state index is -0.954. The molecule has 0 N–H and O–H groups in total. The first-order valence-corrected chi connectivity index (χ1v) is 8.33. The molecule has 0 bridgehead atoms. The summed E-state index contributed by atoms with van der Waals surface area (Å²) in [5.41, 5.74) is 2.00. The molecule has 1 saturated carbocycles. The second-order valence-corrected chi connectivity index (χ2v) is 6.11. The van der Waals surface area contributed by atoms with Crippen LogP contribution in [0.5, 0.6) is 5.75 Å². The molecule has 1 aliphatic carbocycles. The van der Waals surface area contributed by atoms with Crippen molar-refractivity contribution in [2.75, 3.05) is 6.61 Å². The summed E-state index contributed by atoms with van der Waals surface area (Å²) in [4.78, 5) is 11.3. The van der Waals surface area contributed by atoms with Crippen LogP contribution in [-0.2, 0) is 4.79 Å². The van der Waals surface area contributed by atoms with Gasteiger partial charge in [0.1, 0.15) is 5.78 Å². The highest BCUT2D eigenvalue weighted by Crippen LogP contribution is 2.34. The van der Waals surface area contributed by atoms with Crippen LogP contribution in [0.2, 0.25) is 0 Å². The highest BCUT2D eigenvalue weighted by Gasteiger charge is 2.20. The highest BCUT2D eigenvalue weighted by atomic mass is 19.2. The molecule has 24 heavy (non-hydrogen) atoms. The van der Waals surface area contributed by atoms with E-state index in [4.69, 9.17) is 4.74 Å². The van der Waals surface area contributed by atoms with Crippen molar-refractivity contribution in [3.63, 3.8) is 0 Å². The third-order valence-electron chi connectivity index (χ3n) is 4.58. The van der Waals surface area contributed by atoms with Gasteiger partial charge in [-0.15, -0.1) is 0 Å². The number of rotatable bonds is 4.